The summed E-state index contributed by atoms with van der Waals surface area (Å²) in [5.74, 6) is -1.63. The summed E-state index contributed by atoms with van der Waals surface area (Å²) in [7, 11) is 0. The number of benzene rings is 1. The van der Waals surface area contributed by atoms with Gasteiger partial charge in [-0.2, -0.15) is 0 Å². The van der Waals surface area contributed by atoms with E-state index >= 15 is 0 Å². The van der Waals surface area contributed by atoms with Crippen LogP contribution in [0.2, 0.25) is 0 Å². The molecule has 0 heterocycles. The van der Waals surface area contributed by atoms with Gasteiger partial charge in [-0.3, -0.25) is 0 Å². The summed E-state index contributed by atoms with van der Waals surface area (Å²) in [6, 6.07) is 5.48. The monoisotopic (exact) mass is 272 g/mol. The highest BCUT2D eigenvalue weighted by molar-refractivity contribution is 6.17. The Kier molecular flexibility index (Phi) is 8.66. The zero-order valence-electron chi connectivity index (χ0n) is 10.2. The van der Waals surface area contributed by atoms with Crippen LogP contribution in [0.15, 0.2) is 24.3 Å². The van der Waals surface area contributed by atoms with Gasteiger partial charge in [-0.1, -0.05) is 31.9 Å². The molecule has 0 aliphatic rings. The minimum atomic E-state index is -1.23. The number of hydrogen-bond donors (Lipinski definition) is 2. The van der Waals surface area contributed by atoms with Crippen molar-refractivity contribution in [3.63, 3.8) is 0 Å². The van der Waals surface area contributed by atoms with Crippen LogP contribution in [0, 0.1) is 0 Å². The van der Waals surface area contributed by atoms with Crippen molar-refractivity contribution in [1.29, 1.82) is 0 Å². The first-order valence-corrected chi connectivity index (χ1v) is 6.19. The van der Waals surface area contributed by atoms with Crippen LogP contribution in [-0.4, -0.2) is 28.0 Å². The third-order valence-electron chi connectivity index (χ3n) is 2.13. The first kappa shape index (κ1) is 16.4. The predicted molar refractivity (Wildman–Crippen MR) is 70.6 cm³/mol. The molecular weight excluding hydrogens is 256 g/mol. The number of carboxylic acid groups (broad SMARTS) is 2. The molecule has 5 heteroatoms. The van der Waals surface area contributed by atoms with Gasteiger partial charge in [0.05, 0.1) is 11.1 Å². The highest BCUT2D eigenvalue weighted by Crippen LogP contribution is 2.07. The molecule has 0 radical (unpaired) electrons. The topological polar surface area (TPSA) is 74.6 Å². The SMILES string of the molecule is CCCCCCl.O=C(O)c1ccccc1C(=O)O. The minimum absolute atomic E-state index is 0.190. The van der Waals surface area contributed by atoms with Crippen LogP contribution in [0.4, 0.5) is 0 Å². The lowest BCUT2D eigenvalue weighted by Crippen LogP contribution is -2.06. The molecule has 1 aromatic rings. The summed E-state index contributed by atoms with van der Waals surface area (Å²) in [5.41, 5.74) is -0.380. The smallest absolute Gasteiger partial charge is 0.336 e. The van der Waals surface area contributed by atoms with Crippen molar-refractivity contribution < 1.29 is 19.8 Å². The maximum Gasteiger partial charge on any atom is 0.336 e. The van der Waals surface area contributed by atoms with E-state index in [4.69, 9.17) is 21.8 Å². The number of halogens is 1. The van der Waals surface area contributed by atoms with E-state index in [0.717, 1.165) is 5.88 Å². The Balaban J connectivity index is 0.000000411. The third-order valence-corrected chi connectivity index (χ3v) is 2.39. The van der Waals surface area contributed by atoms with Crippen molar-refractivity contribution in [2.24, 2.45) is 0 Å². The molecule has 1 rings (SSSR count). The Morgan fingerprint density at radius 3 is 1.72 bits per heavy atom. The predicted octanol–water partition coefficient (Wildman–Crippen LogP) is 3.50. The number of hydrogen-bond acceptors (Lipinski definition) is 2. The molecular formula is C13H17ClO4. The summed E-state index contributed by atoms with van der Waals surface area (Å²) in [5, 5.41) is 17.1. The average molecular weight is 273 g/mol. The Labute approximate surface area is 111 Å². The molecule has 2 N–H and O–H groups in total. The zero-order chi connectivity index (χ0) is 14.0. The number of alkyl halides is 1. The van der Waals surface area contributed by atoms with Crippen molar-refractivity contribution in [3.8, 4) is 0 Å². The van der Waals surface area contributed by atoms with E-state index in [1.807, 2.05) is 0 Å². The van der Waals surface area contributed by atoms with Gasteiger partial charge in [0.25, 0.3) is 0 Å². The van der Waals surface area contributed by atoms with Crippen LogP contribution in [0.25, 0.3) is 0 Å². The first-order chi connectivity index (χ1) is 8.54. The van der Waals surface area contributed by atoms with Gasteiger partial charge < -0.3 is 10.2 Å². The molecule has 0 saturated carbocycles. The maximum atomic E-state index is 10.5. The van der Waals surface area contributed by atoms with Crippen LogP contribution < -0.4 is 0 Å². The molecule has 0 spiro atoms. The highest BCUT2D eigenvalue weighted by Gasteiger charge is 2.13. The fraction of sp³-hybridized carbons (Fsp3) is 0.385. The van der Waals surface area contributed by atoms with E-state index in [0.29, 0.717) is 0 Å². The normalized spacial score (nSPS) is 9.22. The fourth-order valence-electron chi connectivity index (χ4n) is 1.20. The minimum Gasteiger partial charge on any atom is -0.478 e. The van der Waals surface area contributed by atoms with Gasteiger partial charge in [0.1, 0.15) is 0 Å². The molecule has 4 nitrogen and oxygen atoms in total. The second-order valence-electron chi connectivity index (χ2n) is 3.55. The van der Waals surface area contributed by atoms with Crippen molar-refractivity contribution >= 4 is 23.5 Å². The summed E-state index contributed by atoms with van der Waals surface area (Å²) in [4.78, 5) is 20.9. The summed E-state index contributed by atoms with van der Waals surface area (Å²) < 4.78 is 0. The Morgan fingerprint density at radius 1 is 1.06 bits per heavy atom. The number of carboxylic acids is 2. The molecule has 0 aliphatic carbocycles. The van der Waals surface area contributed by atoms with Gasteiger partial charge in [-0.25, -0.2) is 9.59 Å². The van der Waals surface area contributed by atoms with Gasteiger partial charge in [0.2, 0.25) is 0 Å². The molecule has 0 fully saturated rings. The number of rotatable bonds is 5. The van der Waals surface area contributed by atoms with Gasteiger partial charge in [0.15, 0.2) is 0 Å². The Hall–Kier alpha value is -1.55. The van der Waals surface area contributed by atoms with Crippen molar-refractivity contribution in [3.05, 3.63) is 35.4 Å². The molecule has 100 valence electrons. The maximum absolute atomic E-state index is 10.5. The number of unbranched alkanes of at least 4 members (excludes halogenated alkanes) is 2. The van der Waals surface area contributed by atoms with Gasteiger partial charge in [0, 0.05) is 5.88 Å². The fourth-order valence-corrected chi connectivity index (χ4v) is 1.39. The van der Waals surface area contributed by atoms with E-state index in [9.17, 15) is 9.59 Å². The Morgan fingerprint density at radius 2 is 1.50 bits per heavy atom. The summed E-state index contributed by atoms with van der Waals surface area (Å²) in [6.45, 7) is 2.17. The molecule has 0 aliphatic heterocycles. The van der Waals surface area contributed by atoms with Crippen molar-refractivity contribution in [1.82, 2.24) is 0 Å². The van der Waals surface area contributed by atoms with Gasteiger partial charge in [-0.05, 0) is 18.6 Å². The molecule has 0 amide bonds. The molecule has 0 atom stereocenters. The van der Waals surface area contributed by atoms with E-state index in [-0.39, 0.29) is 11.1 Å². The highest BCUT2D eigenvalue weighted by atomic mass is 35.5. The second kappa shape index (κ2) is 9.48. The van der Waals surface area contributed by atoms with Crippen LogP contribution in [0.1, 0.15) is 46.9 Å². The Bertz CT molecular complexity index is 353. The van der Waals surface area contributed by atoms with Crippen molar-refractivity contribution in [2.45, 2.75) is 26.2 Å². The number of aromatic carboxylic acids is 2. The van der Waals surface area contributed by atoms with E-state index in [1.165, 1.54) is 43.5 Å². The molecule has 0 unspecified atom stereocenters. The van der Waals surface area contributed by atoms with Crippen molar-refractivity contribution in [2.75, 3.05) is 5.88 Å². The van der Waals surface area contributed by atoms with Gasteiger partial charge >= 0.3 is 11.9 Å². The van der Waals surface area contributed by atoms with E-state index < -0.39 is 11.9 Å². The van der Waals surface area contributed by atoms with E-state index in [2.05, 4.69) is 6.92 Å². The number of carbonyl (C=O) groups is 2. The molecule has 0 saturated heterocycles. The second-order valence-corrected chi connectivity index (χ2v) is 3.93. The molecule has 18 heavy (non-hydrogen) atoms. The van der Waals surface area contributed by atoms with Crippen LogP contribution in [0.3, 0.4) is 0 Å². The zero-order valence-corrected chi connectivity index (χ0v) is 11.0. The summed E-state index contributed by atoms with van der Waals surface area (Å²) in [6.07, 6.45) is 3.73. The lowest BCUT2D eigenvalue weighted by Gasteiger charge is -1.98. The lowest BCUT2D eigenvalue weighted by molar-refractivity contribution is 0.0651. The van der Waals surface area contributed by atoms with Crippen LogP contribution >= 0.6 is 11.6 Å². The van der Waals surface area contributed by atoms with E-state index in [1.54, 1.807) is 0 Å². The largest absolute Gasteiger partial charge is 0.478 e. The first-order valence-electron chi connectivity index (χ1n) is 5.66. The quantitative estimate of drug-likeness (QED) is 0.635. The average Bonchev–Trinajstić information content (AvgIpc) is 2.37. The summed E-state index contributed by atoms with van der Waals surface area (Å²) >= 11 is 5.38. The lowest BCUT2D eigenvalue weighted by atomic mass is 10.1. The molecule has 0 bridgehead atoms. The van der Waals surface area contributed by atoms with Crippen LogP contribution in [-0.2, 0) is 0 Å². The van der Waals surface area contributed by atoms with Crippen LogP contribution in [0.5, 0.6) is 0 Å². The third kappa shape index (κ3) is 6.25. The molecule has 1 aromatic carbocycles. The van der Waals surface area contributed by atoms with Gasteiger partial charge in [-0.15, -0.1) is 11.6 Å². The standard InChI is InChI=1S/C8H6O4.C5H11Cl/c9-7(10)5-3-1-2-4-6(5)8(11)12;1-2-3-4-5-6/h1-4H,(H,9,10)(H,11,12);2-5H2,1H3. The molecule has 0 aromatic heterocycles.